The molecular weight excluding hydrogens is 335 g/mol. The number of nitriles is 1. The Labute approximate surface area is 142 Å². The summed E-state index contributed by atoms with van der Waals surface area (Å²) in [6.07, 6.45) is 1.46. The van der Waals surface area contributed by atoms with Crippen molar-refractivity contribution in [3.8, 4) is 17.3 Å². The lowest BCUT2D eigenvalue weighted by molar-refractivity contribution is 0.797. The van der Waals surface area contributed by atoms with Crippen molar-refractivity contribution in [2.45, 2.75) is 19.8 Å². The molecule has 0 fully saturated rings. The van der Waals surface area contributed by atoms with Crippen molar-refractivity contribution in [1.29, 1.82) is 5.26 Å². The summed E-state index contributed by atoms with van der Waals surface area (Å²) < 4.78 is 1.28. The molecule has 1 aromatic carbocycles. The Balaban J connectivity index is 2.45. The lowest BCUT2D eigenvalue weighted by atomic mass is 9.98. The molecule has 116 valence electrons. The van der Waals surface area contributed by atoms with E-state index < -0.39 is 0 Å². The van der Waals surface area contributed by atoms with Gasteiger partial charge in [-0.2, -0.15) is 5.26 Å². The van der Waals surface area contributed by atoms with Crippen LogP contribution in [0.1, 0.15) is 30.9 Å². The van der Waals surface area contributed by atoms with Crippen molar-refractivity contribution >= 4 is 28.8 Å². The average Bonchev–Trinajstić information content (AvgIpc) is 2.88. The van der Waals surface area contributed by atoms with Gasteiger partial charge in [0.25, 0.3) is 5.56 Å². The standard InChI is InChI=1S/C16H12Cl2N4O/c1-8(2)13-14(9-3-11(17)5-12(18)4-9)21-15-10(6-19)7-20-22(15)16(13)23/h3-5,7-8,20H,1-2H3. The zero-order valence-corrected chi connectivity index (χ0v) is 13.9. The van der Waals surface area contributed by atoms with Crippen molar-refractivity contribution in [2.75, 3.05) is 0 Å². The third-order valence-corrected chi connectivity index (χ3v) is 3.97. The van der Waals surface area contributed by atoms with Gasteiger partial charge in [-0.25, -0.2) is 9.50 Å². The summed E-state index contributed by atoms with van der Waals surface area (Å²) in [4.78, 5) is 17.3. The van der Waals surface area contributed by atoms with Crippen LogP contribution in [0.3, 0.4) is 0 Å². The number of rotatable bonds is 2. The van der Waals surface area contributed by atoms with Crippen LogP contribution < -0.4 is 5.56 Å². The van der Waals surface area contributed by atoms with Gasteiger partial charge in [-0.3, -0.25) is 9.89 Å². The Morgan fingerprint density at radius 2 is 1.91 bits per heavy atom. The van der Waals surface area contributed by atoms with Gasteiger partial charge < -0.3 is 0 Å². The van der Waals surface area contributed by atoms with Crippen LogP contribution in [0, 0.1) is 11.3 Å². The number of hydrogen-bond donors (Lipinski definition) is 1. The summed E-state index contributed by atoms with van der Waals surface area (Å²) in [5.41, 5.74) is 2.02. The van der Waals surface area contributed by atoms with Crippen molar-refractivity contribution in [2.24, 2.45) is 0 Å². The Hall–Kier alpha value is -2.29. The monoisotopic (exact) mass is 346 g/mol. The minimum Gasteiger partial charge on any atom is -0.295 e. The zero-order chi connectivity index (χ0) is 16.7. The molecule has 3 rings (SSSR count). The summed E-state index contributed by atoms with van der Waals surface area (Å²) in [6, 6.07) is 7.05. The van der Waals surface area contributed by atoms with Crippen molar-refractivity contribution in [1.82, 2.24) is 14.6 Å². The van der Waals surface area contributed by atoms with E-state index in [1.807, 2.05) is 19.9 Å². The number of H-pyrrole nitrogens is 1. The van der Waals surface area contributed by atoms with E-state index in [4.69, 9.17) is 23.2 Å². The number of aromatic nitrogens is 3. The molecule has 0 aliphatic heterocycles. The number of halogens is 2. The normalized spacial score (nSPS) is 11.1. The van der Waals surface area contributed by atoms with Gasteiger partial charge >= 0.3 is 0 Å². The first-order chi connectivity index (χ1) is 10.9. The molecule has 23 heavy (non-hydrogen) atoms. The molecule has 0 unspecified atom stereocenters. The molecule has 0 radical (unpaired) electrons. The first-order valence-electron chi connectivity index (χ1n) is 6.93. The molecule has 5 nitrogen and oxygen atoms in total. The Bertz CT molecular complexity index is 991. The van der Waals surface area contributed by atoms with Gasteiger partial charge in [0.15, 0.2) is 5.65 Å². The van der Waals surface area contributed by atoms with E-state index in [-0.39, 0.29) is 17.1 Å². The molecule has 0 spiro atoms. The van der Waals surface area contributed by atoms with E-state index in [1.54, 1.807) is 18.2 Å². The van der Waals surface area contributed by atoms with Gasteiger partial charge in [-0.1, -0.05) is 37.0 Å². The SMILES string of the molecule is CC(C)c1c(-c2cc(Cl)cc(Cl)c2)nc2c(C#N)c[nH]n2c1=O. The van der Waals surface area contributed by atoms with Crippen LogP contribution >= 0.6 is 23.2 Å². The van der Waals surface area contributed by atoms with E-state index in [0.717, 1.165) is 0 Å². The van der Waals surface area contributed by atoms with Crippen molar-refractivity contribution < 1.29 is 0 Å². The molecule has 1 N–H and O–H groups in total. The van der Waals surface area contributed by atoms with E-state index in [1.165, 1.54) is 10.7 Å². The summed E-state index contributed by atoms with van der Waals surface area (Å²) >= 11 is 12.1. The fourth-order valence-electron chi connectivity index (χ4n) is 2.54. The van der Waals surface area contributed by atoms with Crippen LogP contribution in [-0.2, 0) is 0 Å². The van der Waals surface area contributed by atoms with Crippen LogP contribution in [0.2, 0.25) is 10.0 Å². The van der Waals surface area contributed by atoms with Gasteiger partial charge in [0, 0.05) is 27.4 Å². The van der Waals surface area contributed by atoms with Gasteiger partial charge in [-0.15, -0.1) is 0 Å². The smallest absolute Gasteiger partial charge is 0.276 e. The third-order valence-electron chi connectivity index (χ3n) is 3.53. The average molecular weight is 347 g/mol. The van der Waals surface area contributed by atoms with Gasteiger partial charge in [0.2, 0.25) is 0 Å². The van der Waals surface area contributed by atoms with E-state index in [9.17, 15) is 10.1 Å². The number of benzene rings is 1. The third kappa shape index (κ3) is 2.61. The maximum atomic E-state index is 12.8. The number of aromatic amines is 1. The first kappa shape index (κ1) is 15.6. The van der Waals surface area contributed by atoms with E-state index in [0.29, 0.717) is 32.4 Å². The lowest BCUT2D eigenvalue weighted by Crippen LogP contribution is -2.22. The largest absolute Gasteiger partial charge is 0.295 e. The molecular formula is C16H12Cl2N4O. The fraction of sp³-hybridized carbons (Fsp3) is 0.188. The molecule has 0 bridgehead atoms. The van der Waals surface area contributed by atoms with Crippen LogP contribution in [0.15, 0.2) is 29.2 Å². The molecule has 0 saturated carbocycles. The summed E-state index contributed by atoms with van der Waals surface area (Å²) in [6.45, 7) is 3.82. The summed E-state index contributed by atoms with van der Waals surface area (Å²) in [5, 5.41) is 12.9. The van der Waals surface area contributed by atoms with Crippen molar-refractivity contribution in [3.63, 3.8) is 0 Å². The summed E-state index contributed by atoms with van der Waals surface area (Å²) in [5.74, 6) is -0.0616. The minimum absolute atomic E-state index is 0.0616. The first-order valence-corrected chi connectivity index (χ1v) is 7.68. The number of nitrogens with zero attached hydrogens (tertiary/aromatic N) is 3. The maximum Gasteiger partial charge on any atom is 0.276 e. The molecule has 0 aliphatic rings. The quantitative estimate of drug-likeness (QED) is 0.762. The lowest BCUT2D eigenvalue weighted by Gasteiger charge is -2.12. The molecule has 2 heterocycles. The number of nitrogens with one attached hydrogen (secondary N) is 1. The second kappa shape index (κ2) is 5.73. The fourth-order valence-corrected chi connectivity index (χ4v) is 3.07. The summed E-state index contributed by atoms with van der Waals surface area (Å²) in [7, 11) is 0. The second-order valence-electron chi connectivity index (χ2n) is 5.45. The molecule has 0 saturated heterocycles. The molecule has 3 aromatic rings. The molecule has 0 amide bonds. The van der Waals surface area contributed by atoms with Crippen LogP contribution in [0.4, 0.5) is 0 Å². The number of hydrogen-bond acceptors (Lipinski definition) is 3. The minimum atomic E-state index is -0.238. The van der Waals surface area contributed by atoms with Crippen LogP contribution in [0.25, 0.3) is 16.9 Å². The van der Waals surface area contributed by atoms with Crippen LogP contribution in [0.5, 0.6) is 0 Å². The molecule has 0 atom stereocenters. The van der Waals surface area contributed by atoms with Gasteiger partial charge in [0.1, 0.15) is 11.6 Å². The highest BCUT2D eigenvalue weighted by molar-refractivity contribution is 6.35. The Morgan fingerprint density at radius 3 is 2.48 bits per heavy atom. The molecule has 0 aliphatic carbocycles. The van der Waals surface area contributed by atoms with Gasteiger partial charge in [0.05, 0.1) is 5.69 Å². The topological polar surface area (TPSA) is 73.9 Å². The Kier molecular flexibility index (Phi) is 3.88. The molecule has 2 aromatic heterocycles. The van der Waals surface area contributed by atoms with Crippen molar-refractivity contribution in [3.05, 3.63) is 55.9 Å². The van der Waals surface area contributed by atoms with Crippen LogP contribution in [-0.4, -0.2) is 14.6 Å². The predicted molar refractivity (Wildman–Crippen MR) is 90.1 cm³/mol. The Morgan fingerprint density at radius 1 is 1.26 bits per heavy atom. The maximum absolute atomic E-state index is 12.8. The number of fused-ring (bicyclic) bond motifs is 1. The van der Waals surface area contributed by atoms with E-state index >= 15 is 0 Å². The highest BCUT2D eigenvalue weighted by Gasteiger charge is 2.20. The molecule has 7 heteroatoms. The zero-order valence-electron chi connectivity index (χ0n) is 12.4. The second-order valence-corrected chi connectivity index (χ2v) is 6.32. The highest BCUT2D eigenvalue weighted by Crippen LogP contribution is 2.30. The van der Waals surface area contributed by atoms with Gasteiger partial charge in [-0.05, 0) is 24.1 Å². The highest BCUT2D eigenvalue weighted by atomic mass is 35.5. The predicted octanol–water partition coefficient (Wildman–Crippen LogP) is 3.99. The van der Waals surface area contributed by atoms with E-state index in [2.05, 4.69) is 10.1 Å².